The number of likely N-dealkylation sites (tertiary alicyclic amines) is 1. The smallest absolute Gasteiger partial charge is 0.411 e. The van der Waals surface area contributed by atoms with E-state index >= 15 is 0 Å². The number of ether oxygens (including phenoxy) is 3. The van der Waals surface area contributed by atoms with Gasteiger partial charge in [0, 0.05) is 13.0 Å². The highest BCUT2D eigenvalue weighted by molar-refractivity contribution is 5.82. The van der Waals surface area contributed by atoms with Crippen LogP contribution in [0.5, 0.6) is 0 Å². The number of esters is 1. The van der Waals surface area contributed by atoms with Gasteiger partial charge >= 0.3 is 18.2 Å². The summed E-state index contributed by atoms with van der Waals surface area (Å²) in [5.74, 6) is -0.547. The number of alkyl carbamates (subject to hydrolysis) is 1. The molecule has 138 valence electrons. The number of rotatable bonds is 2. The van der Waals surface area contributed by atoms with Crippen molar-refractivity contribution >= 4 is 18.2 Å². The van der Waals surface area contributed by atoms with Gasteiger partial charge in [0.05, 0.1) is 13.2 Å². The van der Waals surface area contributed by atoms with E-state index in [1.54, 1.807) is 41.5 Å². The molecule has 0 radical (unpaired) electrons. The second-order valence-electron chi connectivity index (χ2n) is 7.75. The van der Waals surface area contributed by atoms with Crippen molar-refractivity contribution < 1.29 is 28.6 Å². The Bertz CT molecular complexity index is 492. The second-order valence-corrected chi connectivity index (χ2v) is 7.75. The molecule has 1 aliphatic rings. The summed E-state index contributed by atoms with van der Waals surface area (Å²) in [7, 11) is 1.25. The minimum absolute atomic E-state index is 0.147. The summed E-state index contributed by atoms with van der Waals surface area (Å²) >= 11 is 0. The molecule has 2 amide bonds. The Hall–Kier alpha value is -1.99. The number of methoxy groups -OCH3 is 1. The van der Waals surface area contributed by atoms with Gasteiger partial charge in [-0.15, -0.1) is 0 Å². The molecule has 8 heteroatoms. The van der Waals surface area contributed by atoms with Gasteiger partial charge in [0.25, 0.3) is 0 Å². The van der Waals surface area contributed by atoms with Crippen LogP contribution in [0.1, 0.15) is 48.0 Å². The monoisotopic (exact) mass is 344 g/mol. The Kier molecular flexibility index (Phi) is 6.08. The Balaban J connectivity index is 2.78. The van der Waals surface area contributed by atoms with Crippen LogP contribution >= 0.6 is 0 Å². The summed E-state index contributed by atoms with van der Waals surface area (Å²) in [5.41, 5.74) is -1.32. The minimum Gasteiger partial charge on any atom is -0.467 e. The van der Waals surface area contributed by atoms with E-state index in [0.717, 1.165) is 0 Å². The van der Waals surface area contributed by atoms with E-state index in [1.807, 2.05) is 0 Å². The van der Waals surface area contributed by atoms with Gasteiger partial charge in [-0.3, -0.25) is 4.90 Å². The molecular formula is C16H28N2O6. The molecule has 0 aliphatic carbocycles. The lowest BCUT2D eigenvalue weighted by Crippen LogP contribution is -2.44. The molecule has 1 rings (SSSR count). The van der Waals surface area contributed by atoms with Crippen LogP contribution in [0, 0.1) is 0 Å². The zero-order valence-electron chi connectivity index (χ0n) is 15.5. The number of carbonyl (C=O) groups is 3. The summed E-state index contributed by atoms with van der Waals surface area (Å²) in [6, 6.07) is -1.22. The Morgan fingerprint density at radius 1 is 1.00 bits per heavy atom. The van der Waals surface area contributed by atoms with Crippen molar-refractivity contribution in [2.75, 3.05) is 13.7 Å². The Morgan fingerprint density at radius 2 is 1.54 bits per heavy atom. The van der Waals surface area contributed by atoms with Crippen LogP contribution in [0.3, 0.4) is 0 Å². The molecule has 0 aromatic rings. The van der Waals surface area contributed by atoms with Crippen LogP contribution in [-0.4, -0.2) is 60.0 Å². The van der Waals surface area contributed by atoms with Crippen molar-refractivity contribution in [1.29, 1.82) is 0 Å². The van der Waals surface area contributed by atoms with Gasteiger partial charge in [-0.25, -0.2) is 14.4 Å². The number of carbonyl (C=O) groups excluding carboxylic acids is 3. The van der Waals surface area contributed by atoms with E-state index in [1.165, 1.54) is 12.0 Å². The zero-order chi connectivity index (χ0) is 18.7. The summed E-state index contributed by atoms with van der Waals surface area (Å²) in [6.45, 7) is 10.6. The van der Waals surface area contributed by atoms with E-state index in [2.05, 4.69) is 5.32 Å². The number of nitrogens with one attached hydrogen (secondary N) is 1. The summed E-state index contributed by atoms with van der Waals surface area (Å²) < 4.78 is 15.3. The summed E-state index contributed by atoms with van der Waals surface area (Å²) in [5, 5.41) is 2.67. The molecule has 0 saturated carbocycles. The van der Waals surface area contributed by atoms with Crippen LogP contribution in [-0.2, 0) is 19.0 Å². The van der Waals surface area contributed by atoms with Crippen molar-refractivity contribution in [2.24, 2.45) is 0 Å². The van der Waals surface area contributed by atoms with Gasteiger partial charge in [0.1, 0.15) is 17.2 Å². The van der Waals surface area contributed by atoms with Crippen molar-refractivity contribution in [3.8, 4) is 0 Å². The fourth-order valence-electron chi connectivity index (χ4n) is 2.30. The van der Waals surface area contributed by atoms with Crippen LogP contribution in [0.25, 0.3) is 0 Å². The quantitative estimate of drug-likeness (QED) is 0.609. The first-order valence-electron chi connectivity index (χ1n) is 7.89. The molecule has 1 fully saturated rings. The SMILES string of the molecule is COC(=O)[C@@H]1C[C@@H](NC(=O)OC(C)(C)C)CN1C(=O)OC(C)(C)C. The normalized spacial score (nSPS) is 21.2. The highest BCUT2D eigenvalue weighted by Crippen LogP contribution is 2.22. The minimum atomic E-state index is -0.801. The number of hydrogen-bond donors (Lipinski definition) is 1. The van der Waals surface area contributed by atoms with E-state index in [9.17, 15) is 14.4 Å². The maximum atomic E-state index is 12.3. The molecule has 1 N–H and O–H groups in total. The molecule has 0 aromatic heterocycles. The molecule has 0 bridgehead atoms. The Labute approximate surface area is 142 Å². The average molecular weight is 344 g/mol. The molecule has 2 atom stereocenters. The molecule has 24 heavy (non-hydrogen) atoms. The lowest BCUT2D eigenvalue weighted by molar-refractivity contribution is -0.145. The number of amides is 2. The lowest BCUT2D eigenvalue weighted by Gasteiger charge is -2.27. The van der Waals surface area contributed by atoms with Gasteiger partial charge in [-0.2, -0.15) is 0 Å². The van der Waals surface area contributed by atoms with Crippen molar-refractivity contribution in [1.82, 2.24) is 10.2 Å². The third-order valence-corrected chi connectivity index (χ3v) is 3.12. The van der Waals surface area contributed by atoms with Crippen LogP contribution in [0.4, 0.5) is 9.59 Å². The third-order valence-electron chi connectivity index (χ3n) is 3.12. The summed E-state index contributed by atoms with van der Waals surface area (Å²) in [6.07, 6.45) is -0.973. The van der Waals surface area contributed by atoms with Crippen LogP contribution in [0.2, 0.25) is 0 Å². The van der Waals surface area contributed by atoms with E-state index < -0.39 is 41.4 Å². The molecule has 0 aromatic carbocycles. The maximum Gasteiger partial charge on any atom is 0.411 e. The molecule has 0 spiro atoms. The zero-order valence-corrected chi connectivity index (χ0v) is 15.5. The largest absolute Gasteiger partial charge is 0.467 e. The fraction of sp³-hybridized carbons (Fsp3) is 0.812. The molecule has 8 nitrogen and oxygen atoms in total. The average Bonchev–Trinajstić information content (AvgIpc) is 2.77. The van der Waals surface area contributed by atoms with Crippen LogP contribution < -0.4 is 5.32 Å². The first kappa shape index (κ1) is 20.1. The molecule has 1 heterocycles. The van der Waals surface area contributed by atoms with Crippen molar-refractivity contribution in [3.63, 3.8) is 0 Å². The number of hydrogen-bond acceptors (Lipinski definition) is 6. The van der Waals surface area contributed by atoms with Gasteiger partial charge in [-0.1, -0.05) is 0 Å². The van der Waals surface area contributed by atoms with Gasteiger partial charge < -0.3 is 19.5 Å². The third kappa shape index (κ3) is 6.25. The lowest BCUT2D eigenvalue weighted by atomic mass is 10.1. The molecular weight excluding hydrogens is 316 g/mol. The van der Waals surface area contributed by atoms with Gasteiger partial charge in [-0.05, 0) is 41.5 Å². The van der Waals surface area contributed by atoms with Crippen molar-refractivity contribution in [3.05, 3.63) is 0 Å². The van der Waals surface area contributed by atoms with E-state index in [-0.39, 0.29) is 13.0 Å². The molecule has 1 aliphatic heterocycles. The standard InChI is InChI=1S/C16H28N2O6/c1-15(2,3)23-13(20)17-10-8-11(12(19)22-7)18(9-10)14(21)24-16(4,5)6/h10-11H,8-9H2,1-7H3,(H,17,20)/t10-,11+/m1/s1. The van der Waals surface area contributed by atoms with E-state index in [4.69, 9.17) is 14.2 Å². The summed E-state index contributed by atoms with van der Waals surface area (Å²) in [4.78, 5) is 37.4. The molecule has 1 saturated heterocycles. The first-order chi connectivity index (χ1) is 10.8. The van der Waals surface area contributed by atoms with Gasteiger partial charge in [0.2, 0.25) is 0 Å². The first-order valence-corrected chi connectivity index (χ1v) is 7.89. The number of nitrogens with zero attached hydrogens (tertiary/aromatic N) is 1. The van der Waals surface area contributed by atoms with Crippen molar-refractivity contribution in [2.45, 2.75) is 71.2 Å². The maximum absolute atomic E-state index is 12.3. The van der Waals surface area contributed by atoms with E-state index in [0.29, 0.717) is 0 Å². The predicted molar refractivity (Wildman–Crippen MR) is 86.5 cm³/mol. The highest BCUT2D eigenvalue weighted by Gasteiger charge is 2.43. The van der Waals surface area contributed by atoms with Gasteiger partial charge in [0.15, 0.2) is 0 Å². The van der Waals surface area contributed by atoms with Crippen LogP contribution in [0.15, 0.2) is 0 Å². The highest BCUT2D eigenvalue weighted by atomic mass is 16.6. The second kappa shape index (κ2) is 7.27. The topological polar surface area (TPSA) is 94.2 Å². The Morgan fingerprint density at radius 3 is 2.00 bits per heavy atom. The fourth-order valence-corrected chi connectivity index (χ4v) is 2.30. The predicted octanol–water partition coefficient (Wildman–Crippen LogP) is 2.06. The molecule has 0 unspecified atom stereocenters.